The van der Waals surface area contributed by atoms with E-state index in [4.69, 9.17) is 0 Å². The van der Waals surface area contributed by atoms with E-state index >= 15 is 0 Å². The Balaban J connectivity index is 2.18. The van der Waals surface area contributed by atoms with Gasteiger partial charge in [0, 0.05) is 39.0 Å². The van der Waals surface area contributed by atoms with E-state index in [1.54, 1.807) is 19.0 Å². The van der Waals surface area contributed by atoms with Crippen molar-refractivity contribution in [2.75, 3.05) is 37.8 Å². The molecule has 0 aliphatic rings. The van der Waals surface area contributed by atoms with Crippen molar-refractivity contribution in [3.63, 3.8) is 0 Å². The second kappa shape index (κ2) is 6.88. The number of aromatic nitrogens is 2. The van der Waals surface area contributed by atoms with Crippen molar-refractivity contribution < 1.29 is 4.79 Å². The van der Waals surface area contributed by atoms with E-state index in [0.29, 0.717) is 18.9 Å². The maximum absolute atomic E-state index is 11.6. The molecule has 21 heavy (non-hydrogen) atoms. The molecule has 0 saturated heterocycles. The molecule has 0 saturated carbocycles. The molecule has 0 atom stereocenters. The summed E-state index contributed by atoms with van der Waals surface area (Å²) in [6.45, 7) is 3.31. The van der Waals surface area contributed by atoms with Crippen LogP contribution in [0, 0.1) is 0 Å². The molecular weight excluding hydrogens is 266 g/mol. The van der Waals surface area contributed by atoms with Crippen LogP contribution in [0.2, 0.25) is 0 Å². The molecule has 0 aliphatic heterocycles. The van der Waals surface area contributed by atoms with Gasteiger partial charge in [-0.15, -0.1) is 0 Å². The number of hydrogen-bond donors (Lipinski definition) is 2. The fraction of sp³-hybridized carbons (Fsp3) is 0.400. The molecule has 1 aromatic heterocycles. The van der Waals surface area contributed by atoms with Crippen LogP contribution in [0.1, 0.15) is 13.3 Å². The lowest BCUT2D eigenvalue weighted by Crippen LogP contribution is -2.24. The van der Waals surface area contributed by atoms with Gasteiger partial charge in [-0.3, -0.25) is 4.79 Å². The molecule has 0 bridgehead atoms. The topological polar surface area (TPSA) is 70.2 Å². The lowest BCUT2D eigenvalue weighted by atomic mass is 10.2. The molecule has 0 unspecified atom stereocenters. The minimum atomic E-state index is 0.0905. The number of hydrogen-bond acceptors (Lipinski definition) is 5. The van der Waals surface area contributed by atoms with Gasteiger partial charge in [0.15, 0.2) is 0 Å². The first-order valence-electron chi connectivity index (χ1n) is 7.06. The van der Waals surface area contributed by atoms with E-state index in [-0.39, 0.29) is 5.91 Å². The van der Waals surface area contributed by atoms with Crippen molar-refractivity contribution in [3.05, 3.63) is 24.3 Å². The van der Waals surface area contributed by atoms with E-state index in [0.717, 1.165) is 23.3 Å². The minimum Gasteiger partial charge on any atom is -0.369 e. The SMILES string of the molecule is CCNc1nc(NCCC(=O)N(C)C)c2ccccc2n1. The van der Waals surface area contributed by atoms with Crippen LogP contribution in [0.4, 0.5) is 11.8 Å². The number of anilines is 2. The van der Waals surface area contributed by atoms with Crippen LogP contribution in [0.15, 0.2) is 24.3 Å². The molecule has 1 amide bonds. The molecule has 2 aromatic rings. The maximum atomic E-state index is 11.6. The fourth-order valence-corrected chi connectivity index (χ4v) is 1.96. The van der Waals surface area contributed by atoms with E-state index in [1.165, 1.54) is 0 Å². The Morgan fingerprint density at radius 3 is 2.67 bits per heavy atom. The zero-order chi connectivity index (χ0) is 15.2. The number of fused-ring (bicyclic) bond motifs is 1. The molecule has 6 nitrogen and oxygen atoms in total. The van der Waals surface area contributed by atoms with Gasteiger partial charge in [0.2, 0.25) is 11.9 Å². The smallest absolute Gasteiger partial charge is 0.225 e. The fourth-order valence-electron chi connectivity index (χ4n) is 1.96. The van der Waals surface area contributed by atoms with Crippen molar-refractivity contribution in [1.29, 1.82) is 0 Å². The Kier molecular flexibility index (Phi) is 4.92. The predicted molar refractivity (Wildman–Crippen MR) is 85.5 cm³/mol. The highest BCUT2D eigenvalue weighted by Gasteiger charge is 2.08. The molecule has 0 radical (unpaired) electrons. The number of benzene rings is 1. The van der Waals surface area contributed by atoms with Crippen LogP contribution in [0.25, 0.3) is 10.9 Å². The van der Waals surface area contributed by atoms with Crippen LogP contribution >= 0.6 is 0 Å². The normalized spacial score (nSPS) is 10.4. The highest BCUT2D eigenvalue weighted by molar-refractivity contribution is 5.90. The molecule has 0 fully saturated rings. The third kappa shape index (κ3) is 3.81. The lowest BCUT2D eigenvalue weighted by Gasteiger charge is -2.13. The average molecular weight is 287 g/mol. The summed E-state index contributed by atoms with van der Waals surface area (Å²) in [5, 5.41) is 7.31. The van der Waals surface area contributed by atoms with Gasteiger partial charge in [-0.2, -0.15) is 4.98 Å². The molecule has 112 valence electrons. The highest BCUT2D eigenvalue weighted by atomic mass is 16.2. The Morgan fingerprint density at radius 1 is 1.19 bits per heavy atom. The summed E-state index contributed by atoms with van der Waals surface area (Å²) in [5.74, 6) is 1.44. The monoisotopic (exact) mass is 287 g/mol. The average Bonchev–Trinajstić information content (AvgIpc) is 2.47. The van der Waals surface area contributed by atoms with Gasteiger partial charge in [-0.1, -0.05) is 12.1 Å². The maximum Gasteiger partial charge on any atom is 0.225 e. The number of nitrogens with zero attached hydrogens (tertiary/aromatic N) is 3. The van der Waals surface area contributed by atoms with Crippen LogP contribution in [-0.4, -0.2) is 48.0 Å². The van der Waals surface area contributed by atoms with E-state index in [2.05, 4.69) is 20.6 Å². The number of amides is 1. The summed E-state index contributed by atoms with van der Waals surface area (Å²) in [6.07, 6.45) is 0.432. The van der Waals surface area contributed by atoms with Crippen LogP contribution in [0.3, 0.4) is 0 Å². The van der Waals surface area contributed by atoms with Gasteiger partial charge in [-0.05, 0) is 19.1 Å². The minimum absolute atomic E-state index is 0.0905. The van der Waals surface area contributed by atoms with Gasteiger partial charge in [0.25, 0.3) is 0 Å². The third-order valence-corrected chi connectivity index (χ3v) is 3.07. The first-order valence-corrected chi connectivity index (χ1v) is 7.06. The van der Waals surface area contributed by atoms with Gasteiger partial charge in [0.1, 0.15) is 5.82 Å². The highest BCUT2D eigenvalue weighted by Crippen LogP contribution is 2.21. The van der Waals surface area contributed by atoms with Crippen molar-refractivity contribution in [1.82, 2.24) is 14.9 Å². The Labute approximate surface area is 124 Å². The van der Waals surface area contributed by atoms with Crippen molar-refractivity contribution >= 4 is 28.6 Å². The summed E-state index contributed by atoms with van der Waals surface area (Å²) in [7, 11) is 3.51. The first-order chi connectivity index (χ1) is 10.1. The molecule has 2 N–H and O–H groups in total. The quantitative estimate of drug-likeness (QED) is 0.850. The largest absolute Gasteiger partial charge is 0.369 e. The second-order valence-corrected chi connectivity index (χ2v) is 4.91. The number of nitrogens with one attached hydrogen (secondary N) is 2. The lowest BCUT2D eigenvalue weighted by molar-refractivity contribution is -0.128. The van der Waals surface area contributed by atoms with Crippen LogP contribution < -0.4 is 10.6 Å². The summed E-state index contributed by atoms with van der Waals surface area (Å²) in [6, 6.07) is 7.83. The number of rotatable bonds is 6. The zero-order valence-corrected chi connectivity index (χ0v) is 12.7. The predicted octanol–water partition coefficient (Wildman–Crippen LogP) is 1.95. The standard InChI is InChI=1S/C15H21N5O/c1-4-16-15-18-12-8-6-5-7-11(12)14(19-15)17-10-9-13(21)20(2)3/h5-8H,4,9-10H2,1-3H3,(H2,16,17,18,19). The van der Waals surface area contributed by atoms with Gasteiger partial charge >= 0.3 is 0 Å². The molecule has 6 heteroatoms. The molecule has 2 rings (SSSR count). The van der Waals surface area contributed by atoms with Gasteiger partial charge in [0.05, 0.1) is 5.52 Å². The van der Waals surface area contributed by atoms with Crippen LogP contribution in [-0.2, 0) is 4.79 Å². The zero-order valence-electron chi connectivity index (χ0n) is 12.7. The molecule has 1 aromatic carbocycles. The Bertz CT molecular complexity index is 626. The number of carbonyl (C=O) groups excluding carboxylic acids is 1. The molecular formula is C15H21N5O. The Hall–Kier alpha value is -2.37. The van der Waals surface area contributed by atoms with Crippen molar-refractivity contribution in [3.8, 4) is 0 Å². The molecule has 0 spiro atoms. The summed E-state index contributed by atoms with van der Waals surface area (Å²) < 4.78 is 0. The van der Waals surface area contributed by atoms with E-state index in [1.807, 2.05) is 31.2 Å². The van der Waals surface area contributed by atoms with Crippen LogP contribution in [0.5, 0.6) is 0 Å². The van der Waals surface area contributed by atoms with E-state index < -0.39 is 0 Å². The van der Waals surface area contributed by atoms with Gasteiger partial charge < -0.3 is 15.5 Å². The number of carbonyl (C=O) groups is 1. The molecule has 1 heterocycles. The summed E-state index contributed by atoms with van der Waals surface area (Å²) in [4.78, 5) is 22.1. The van der Waals surface area contributed by atoms with Crippen molar-refractivity contribution in [2.24, 2.45) is 0 Å². The summed E-state index contributed by atoms with van der Waals surface area (Å²) in [5.41, 5.74) is 0.880. The third-order valence-electron chi connectivity index (χ3n) is 3.07. The summed E-state index contributed by atoms with van der Waals surface area (Å²) >= 11 is 0. The van der Waals surface area contributed by atoms with Gasteiger partial charge in [-0.25, -0.2) is 4.98 Å². The second-order valence-electron chi connectivity index (χ2n) is 4.91. The Morgan fingerprint density at radius 2 is 1.95 bits per heavy atom. The van der Waals surface area contributed by atoms with E-state index in [9.17, 15) is 4.79 Å². The first kappa shape index (κ1) is 15.0. The number of para-hydroxylation sites is 1. The molecule has 0 aliphatic carbocycles. The van der Waals surface area contributed by atoms with Crippen molar-refractivity contribution in [2.45, 2.75) is 13.3 Å².